The molecule has 1 atom stereocenters. The van der Waals surface area contributed by atoms with Gasteiger partial charge in [0.05, 0.1) is 12.1 Å². The number of benzene rings is 2. The molecule has 7 heteroatoms. The fourth-order valence-electron chi connectivity index (χ4n) is 2.64. The first-order chi connectivity index (χ1) is 11.9. The van der Waals surface area contributed by atoms with Crippen molar-refractivity contribution < 1.29 is 18.4 Å². The highest BCUT2D eigenvalue weighted by molar-refractivity contribution is 7.99. The second kappa shape index (κ2) is 7.23. The second-order valence-electron chi connectivity index (χ2n) is 5.71. The van der Waals surface area contributed by atoms with Crippen molar-refractivity contribution in [2.75, 3.05) is 10.2 Å². The van der Waals surface area contributed by atoms with Gasteiger partial charge in [-0.3, -0.25) is 9.59 Å². The Bertz CT molecular complexity index is 779. The third-order valence-electron chi connectivity index (χ3n) is 3.86. The van der Waals surface area contributed by atoms with Gasteiger partial charge < -0.3 is 5.32 Å². The van der Waals surface area contributed by atoms with E-state index in [1.807, 2.05) is 31.2 Å². The maximum Gasteiger partial charge on any atom is 0.288 e. The van der Waals surface area contributed by atoms with Gasteiger partial charge in [-0.15, -0.1) is 0 Å². The van der Waals surface area contributed by atoms with Gasteiger partial charge in [-0.1, -0.05) is 29.5 Å². The molecule has 1 N–H and O–H groups in total. The normalized spacial score (nSPS) is 17.4. The summed E-state index contributed by atoms with van der Waals surface area (Å²) in [6.07, 6.45) is 0.0558. The van der Waals surface area contributed by atoms with E-state index in [-0.39, 0.29) is 18.2 Å². The highest BCUT2D eigenvalue weighted by atomic mass is 32.2. The van der Waals surface area contributed by atoms with Crippen LogP contribution in [-0.2, 0) is 9.59 Å². The van der Waals surface area contributed by atoms with Gasteiger partial charge in [0.2, 0.25) is 5.91 Å². The number of halogens is 2. The average Bonchev–Trinajstić information content (AvgIpc) is 2.84. The maximum atomic E-state index is 12.6. The van der Waals surface area contributed by atoms with E-state index in [1.165, 1.54) is 24.3 Å². The minimum atomic E-state index is -2.51. The predicted molar refractivity (Wildman–Crippen MR) is 94.0 cm³/mol. The number of carbonyl (C=O) groups is 2. The van der Waals surface area contributed by atoms with E-state index in [9.17, 15) is 18.4 Å². The Balaban J connectivity index is 1.73. The number of thioether (sulfide) groups is 1. The van der Waals surface area contributed by atoms with Gasteiger partial charge in [-0.2, -0.15) is 8.78 Å². The van der Waals surface area contributed by atoms with Crippen LogP contribution in [-0.4, -0.2) is 23.6 Å². The summed E-state index contributed by atoms with van der Waals surface area (Å²) in [6, 6.07) is 12.9. The number of hydrogen-bond donors (Lipinski definition) is 1. The SMILES string of the molecule is Cc1ccc(N[C@H]2CC(=O)N(c3ccc(SC(F)F)cc3)C2=O)cc1. The smallest absolute Gasteiger partial charge is 0.288 e. The Morgan fingerprint density at radius 1 is 1.08 bits per heavy atom. The second-order valence-corrected chi connectivity index (χ2v) is 6.77. The van der Waals surface area contributed by atoms with E-state index in [4.69, 9.17) is 0 Å². The van der Waals surface area contributed by atoms with Crippen molar-refractivity contribution in [1.82, 2.24) is 0 Å². The highest BCUT2D eigenvalue weighted by Crippen LogP contribution is 2.30. The molecule has 1 fully saturated rings. The number of aryl methyl sites for hydroxylation is 1. The molecule has 4 nitrogen and oxygen atoms in total. The van der Waals surface area contributed by atoms with Gasteiger partial charge in [-0.25, -0.2) is 4.90 Å². The molecule has 1 saturated heterocycles. The molecule has 25 heavy (non-hydrogen) atoms. The summed E-state index contributed by atoms with van der Waals surface area (Å²) in [5.41, 5.74) is 2.26. The van der Waals surface area contributed by atoms with Crippen molar-refractivity contribution in [2.24, 2.45) is 0 Å². The first-order valence-corrected chi connectivity index (χ1v) is 8.57. The number of imide groups is 1. The minimum Gasteiger partial charge on any atom is -0.373 e. The molecule has 2 amide bonds. The van der Waals surface area contributed by atoms with Gasteiger partial charge in [0.1, 0.15) is 6.04 Å². The minimum absolute atomic E-state index is 0.0558. The van der Waals surface area contributed by atoms with E-state index < -0.39 is 11.8 Å². The third-order valence-corrected chi connectivity index (χ3v) is 4.58. The molecule has 3 rings (SSSR count). The lowest BCUT2D eigenvalue weighted by atomic mass is 10.2. The van der Waals surface area contributed by atoms with Crippen LogP contribution in [0.25, 0.3) is 0 Å². The quantitative estimate of drug-likeness (QED) is 0.644. The molecule has 0 aromatic heterocycles. The van der Waals surface area contributed by atoms with Crippen molar-refractivity contribution in [3.05, 3.63) is 54.1 Å². The van der Waals surface area contributed by atoms with Crippen molar-refractivity contribution in [1.29, 1.82) is 0 Å². The lowest BCUT2D eigenvalue weighted by molar-refractivity contribution is -0.121. The number of alkyl halides is 2. The van der Waals surface area contributed by atoms with Crippen LogP contribution >= 0.6 is 11.8 Å². The van der Waals surface area contributed by atoms with Gasteiger partial charge in [0, 0.05) is 10.6 Å². The largest absolute Gasteiger partial charge is 0.373 e. The van der Waals surface area contributed by atoms with E-state index in [2.05, 4.69) is 5.32 Å². The van der Waals surface area contributed by atoms with Crippen molar-refractivity contribution in [3.63, 3.8) is 0 Å². The maximum absolute atomic E-state index is 12.6. The van der Waals surface area contributed by atoms with Crippen LogP contribution < -0.4 is 10.2 Å². The fraction of sp³-hybridized carbons (Fsp3) is 0.222. The van der Waals surface area contributed by atoms with Crippen LogP contribution in [0.3, 0.4) is 0 Å². The highest BCUT2D eigenvalue weighted by Gasteiger charge is 2.39. The van der Waals surface area contributed by atoms with Crippen LogP contribution in [0.15, 0.2) is 53.4 Å². The Morgan fingerprint density at radius 3 is 2.32 bits per heavy atom. The zero-order chi connectivity index (χ0) is 18.0. The first kappa shape index (κ1) is 17.4. The van der Waals surface area contributed by atoms with Crippen LogP contribution in [0.2, 0.25) is 0 Å². The number of rotatable bonds is 5. The third kappa shape index (κ3) is 3.99. The van der Waals surface area contributed by atoms with Gasteiger partial charge in [0.15, 0.2) is 0 Å². The van der Waals surface area contributed by atoms with E-state index in [1.54, 1.807) is 0 Å². The number of nitrogens with zero attached hydrogens (tertiary/aromatic N) is 1. The molecule has 2 aromatic carbocycles. The van der Waals surface area contributed by atoms with Crippen LogP contribution in [0.1, 0.15) is 12.0 Å². The molecule has 0 radical (unpaired) electrons. The standard InChI is InChI=1S/C18H16F2N2O2S/c1-11-2-4-12(5-3-11)21-15-10-16(23)22(17(15)24)13-6-8-14(9-7-13)25-18(19)20/h2-9,15,18,21H,10H2,1H3/t15-/m0/s1. The lowest BCUT2D eigenvalue weighted by Gasteiger charge is -2.16. The molecule has 0 spiro atoms. The molecule has 130 valence electrons. The summed E-state index contributed by atoms with van der Waals surface area (Å²) in [5, 5.41) is 3.07. The van der Waals surface area contributed by atoms with Crippen LogP contribution in [0, 0.1) is 6.92 Å². The Kier molecular flexibility index (Phi) is 5.03. The Hall–Kier alpha value is -2.41. The molecule has 0 unspecified atom stereocenters. The summed E-state index contributed by atoms with van der Waals surface area (Å²) in [5.74, 6) is -3.17. The summed E-state index contributed by atoms with van der Waals surface area (Å²) in [7, 11) is 0. The zero-order valence-corrected chi connectivity index (χ0v) is 14.2. The molecule has 0 bridgehead atoms. The Morgan fingerprint density at radius 2 is 1.72 bits per heavy atom. The average molecular weight is 362 g/mol. The van der Waals surface area contributed by atoms with E-state index in [0.29, 0.717) is 22.3 Å². The van der Waals surface area contributed by atoms with Crippen molar-refractivity contribution in [3.8, 4) is 0 Å². The van der Waals surface area contributed by atoms with Crippen molar-refractivity contribution in [2.45, 2.75) is 30.0 Å². The van der Waals surface area contributed by atoms with E-state index in [0.717, 1.165) is 16.2 Å². The first-order valence-electron chi connectivity index (χ1n) is 7.69. The number of hydrogen-bond acceptors (Lipinski definition) is 4. The van der Waals surface area contributed by atoms with Gasteiger partial charge in [0.25, 0.3) is 11.7 Å². The summed E-state index contributed by atoms with van der Waals surface area (Å²) >= 11 is 0.421. The molecule has 0 aliphatic carbocycles. The fourth-order valence-corrected chi connectivity index (χ4v) is 3.14. The van der Waals surface area contributed by atoms with Gasteiger partial charge in [-0.05, 0) is 43.3 Å². The molecule has 1 aliphatic rings. The topological polar surface area (TPSA) is 49.4 Å². The number of anilines is 2. The van der Waals surface area contributed by atoms with Crippen molar-refractivity contribution >= 4 is 35.0 Å². The number of carbonyl (C=O) groups excluding carboxylic acids is 2. The number of amides is 2. The van der Waals surface area contributed by atoms with Crippen LogP contribution in [0.5, 0.6) is 0 Å². The molecule has 1 aliphatic heterocycles. The van der Waals surface area contributed by atoms with Crippen LogP contribution in [0.4, 0.5) is 20.2 Å². The monoisotopic (exact) mass is 362 g/mol. The Labute approximate surface area is 148 Å². The predicted octanol–water partition coefficient (Wildman–Crippen LogP) is 4.05. The van der Waals surface area contributed by atoms with Gasteiger partial charge >= 0.3 is 0 Å². The number of nitrogens with one attached hydrogen (secondary N) is 1. The summed E-state index contributed by atoms with van der Waals surface area (Å²) in [6.45, 7) is 1.96. The van der Waals surface area contributed by atoms with E-state index >= 15 is 0 Å². The zero-order valence-electron chi connectivity index (χ0n) is 13.4. The lowest BCUT2D eigenvalue weighted by Crippen LogP contribution is -2.34. The summed E-state index contributed by atoms with van der Waals surface area (Å²) in [4.78, 5) is 26.3. The molecule has 0 saturated carbocycles. The molecule has 2 aromatic rings. The molecular formula is C18H16F2N2O2S. The molecule has 1 heterocycles. The summed E-state index contributed by atoms with van der Waals surface area (Å²) < 4.78 is 24.7. The molecular weight excluding hydrogens is 346 g/mol.